The van der Waals surface area contributed by atoms with Crippen molar-refractivity contribution >= 4 is 34.5 Å². The maximum absolute atomic E-state index is 13.3. The summed E-state index contributed by atoms with van der Waals surface area (Å²) in [6, 6.07) is 2.35. The summed E-state index contributed by atoms with van der Waals surface area (Å²) in [6.07, 6.45) is 2.96. The Balaban J connectivity index is 1.96. The van der Waals surface area contributed by atoms with Crippen molar-refractivity contribution in [2.45, 2.75) is 78.0 Å². The zero-order chi connectivity index (χ0) is 29.1. The summed E-state index contributed by atoms with van der Waals surface area (Å²) in [5, 5.41) is 10.4. The van der Waals surface area contributed by atoms with Gasteiger partial charge in [0.15, 0.2) is 0 Å². The predicted molar refractivity (Wildman–Crippen MR) is 153 cm³/mol. The molecule has 2 rings (SSSR count). The number of hydrogen-bond acceptors (Lipinski definition) is 10. The molecule has 11 nitrogen and oxygen atoms in total. The molecule has 2 atom stereocenters. The van der Waals surface area contributed by atoms with Crippen LogP contribution < -0.4 is 21.0 Å². The Bertz CT molecular complexity index is 1130. The van der Waals surface area contributed by atoms with Gasteiger partial charge in [-0.2, -0.15) is 0 Å². The molecule has 2 N–H and O–H groups in total. The number of thioether (sulfide) groups is 1. The van der Waals surface area contributed by atoms with Crippen molar-refractivity contribution in [1.82, 2.24) is 10.6 Å². The first-order chi connectivity index (χ1) is 18.4. The van der Waals surface area contributed by atoms with Crippen LogP contribution in [0, 0.1) is 0 Å². The first-order valence-corrected chi connectivity index (χ1v) is 13.9. The molecule has 0 bridgehead atoms. The van der Waals surface area contributed by atoms with Gasteiger partial charge in [-0.1, -0.05) is 31.2 Å². The van der Waals surface area contributed by atoms with Crippen molar-refractivity contribution in [3.63, 3.8) is 0 Å². The molecule has 0 aromatic carbocycles. The quantitative estimate of drug-likeness (QED) is 0.147. The van der Waals surface area contributed by atoms with Gasteiger partial charge >= 0.3 is 11.7 Å². The summed E-state index contributed by atoms with van der Waals surface area (Å²) < 4.78 is 16.1. The maximum Gasteiger partial charge on any atom is 0.407 e. The average molecular weight is 565 g/mol. The number of amides is 2. The number of nitrogens with one attached hydrogen (secondary N) is 2. The Labute approximate surface area is 233 Å². The van der Waals surface area contributed by atoms with Gasteiger partial charge < -0.3 is 29.4 Å². The van der Waals surface area contributed by atoms with Gasteiger partial charge in [0.05, 0.1) is 12.1 Å². The molecular formula is C27H40N4O7S. The van der Waals surface area contributed by atoms with E-state index >= 15 is 0 Å². The lowest BCUT2D eigenvalue weighted by molar-refractivity contribution is -0.125. The lowest BCUT2D eigenvalue weighted by atomic mass is 10.0. The summed E-state index contributed by atoms with van der Waals surface area (Å²) in [7, 11) is 0. The van der Waals surface area contributed by atoms with Crippen LogP contribution in [0.15, 0.2) is 44.1 Å². The minimum absolute atomic E-state index is 0.244. The third-order valence-corrected chi connectivity index (χ3v) is 6.64. The minimum Gasteiger partial charge on any atom is -0.489 e. The van der Waals surface area contributed by atoms with E-state index in [4.69, 9.17) is 18.7 Å². The molecule has 0 unspecified atom stereocenters. The fraction of sp³-hybridized carbons (Fsp3) is 0.593. The summed E-state index contributed by atoms with van der Waals surface area (Å²) in [5.74, 6) is 0.811. The number of alkyl carbamates (subject to hydrolysis) is 1. The van der Waals surface area contributed by atoms with Crippen LogP contribution in [-0.2, 0) is 14.4 Å². The zero-order valence-corrected chi connectivity index (χ0v) is 24.4. The van der Waals surface area contributed by atoms with E-state index < -0.39 is 28.9 Å². The molecule has 39 heavy (non-hydrogen) atoms. The van der Waals surface area contributed by atoms with Crippen LogP contribution in [0.1, 0.15) is 72.6 Å². The van der Waals surface area contributed by atoms with Gasteiger partial charge in [0.1, 0.15) is 46.6 Å². The molecule has 216 valence electrons. The summed E-state index contributed by atoms with van der Waals surface area (Å²) in [5.41, 5.74) is -1.58. The Morgan fingerprint density at radius 1 is 1.36 bits per heavy atom. The Morgan fingerprint density at radius 2 is 2.10 bits per heavy atom. The largest absolute Gasteiger partial charge is 0.489 e. The average Bonchev–Trinajstić information content (AvgIpc) is 3.26. The molecule has 1 aliphatic rings. The molecule has 0 saturated carbocycles. The standard InChI is InChI=1S/C27H40N4O7S/c1-8-11-20(21-15-19(35-13-9-2)16-22(32)37-21)29-24(33)27(7)17-39-23(30-27)18(3)31-36-14-10-12-28-25(34)38-26(4,5)6/h9,15-16,20H,2,8,10-14,17H2,1,3-7H3,(H,28,34)(H,29,33)/b31-18+/t20-,27+/m1/s1. The number of ether oxygens (including phenoxy) is 2. The molecule has 1 aliphatic heterocycles. The van der Waals surface area contributed by atoms with Gasteiger partial charge in [-0.05, 0) is 41.0 Å². The van der Waals surface area contributed by atoms with Gasteiger partial charge in [0.2, 0.25) is 5.91 Å². The van der Waals surface area contributed by atoms with E-state index in [2.05, 4.69) is 27.4 Å². The van der Waals surface area contributed by atoms with E-state index in [1.807, 2.05) is 6.92 Å². The smallest absolute Gasteiger partial charge is 0.407 e. The summed E-state index contributed by atoms with van der Waals surface area (Å²) >= 11 is 1.42. The predicted octanol–water partition coefficient (Wildman–Crippen LogP) is 4.37. The fourth-order valence-corrected chi connectivity index (χ4v) is 4.52. The summed E-state index contributed by atoms with van der Waals surface area (Å²) in [6.45, 7) is 15.4. The third-order valence-electron chi connectivity index (χ3n) is 5.28. The van der Waals surface area contributed by atoms with Crippen LogP contribution in [0.5, 0.6) is 5.75 Å². The highest BCUT2D eigenvalue weighted by Gasteiger charge is 2.40. The van der Waals surface area contributed by atoms with Crippen molar-refractivity contribution in [1.29, 1.82) is 0 Å². The Hall–Kier alpha value is -3.28. The second-order valence-corrected chi connectivity index (χ2v) is 11.2. The molecule has 2 amide bonds. The van der Waals surface area contributed by atoms with E-state index in [1.165, 1.54) is 17.8 Å². The van der Waals surface area contributed by atoms with Gasteiger partial charge in [-0.15, -0.1) is 11.8 Å². The van der Waals surface area contributed by atoms with Crippen LogP contribution in [0.2, 0.25) is 0 Å². The number of hydrogen-bond donors (Lipinski definition) is 2. The molecule has 0 aliphatic carbocycles. The van der Waals surface area contributed by atoms with Crippen LogP contribution >= 0.6 is 11.8 Å². The highest BCUT2D eigenvalue weighted by molar-refractivity contribution is 8.16. The van der Waals surface area contributed by atoms with Crippen LogP contribution in [0.25, 0.3) is 0 Å². The molecule has 0 radical (unpaired) electrons. The highest BCUT2D eigenvalue weighted by atomic mass is 32.2. The van der Waals surface area contributed by atoms with Gasteiger partial charge in [0.25, 0.3) is 0 Å². The fourth-order valence-electron chi connectivity index (χ4n) is 3.39. The van der Waals surface area contributed by atoms with Crippen molar-refractivity contribution in [3.8, 4) is 5.75 Å². The zero-order valence-electron chi connectivity index (χ0n) is 23.6. The number of rotatable bonds is 14. The normalized spacial score (nSPS) is 18.1. The summed E-state index contributed by atoms with van der Waals surface area (Å²) in [4.78, 5) is 47.0. The highest BCUT2D eigenvalue weighted by Crippen LogP contribution is 2.30. The van der Waals surface area contributed by atoms with E-state index in [-0.39, 0.29) is 12.5 Å². The number of carbonyl (C=O) groups is 2. The molecule has 0 spiro atoms. The number of nitrogens with zero attached hydrogens (tertiary/aromatic N) is 2. The van der Waals surface area contributed by atoms with Gasteiger partial charge in [-0.3, -0.25) is 9.79 Å². The maximum atomic E-state index is 13.3. The lowest BCUT2D eigenvalue weighted by Crippen LogP contribution is -2.45. The monoisotopic (exact) mass is 564 g/mol. The van der Waals surface area contributed by atoms with Gasteiger partial charge in [0, 0.05) is 24.8 Å². The molecule has 2 heterocycles. The Kier molecular flexibility index (Phi) is 12.1. The number of carbonyl (C=O) groups excluding carboxylic acids is 2. The van der Waals surface area contributed by atoms with Crippen molar-refractivity contribution in [3.05, 3.63) is 41.0 Å². The first kappa shape index (κ1) is 31.9. The van der Waals surface area contributed by atoms with E-state index in [9.17, 15) is 14.4 Å². The second-order valence-electron chi connectivity index (χ2n) is 10.2. The second kappa shape index (κ2) is 14.8. The molecule has 0 saturated heterocycles. The molecule has 0 fully saturated rings. The molecule has 1 aromatic heterocycles. The van der Waals surface area contributed by atoms with E-state index in [0.29, 0.717) is 54.0 Å². The number of aliphatic imine (C=N–C) groups is 1. The Morgan fingerprint density at radius 3 is 2.77 bits per heavy atom. The van der Waals surface area contributed by atoms with Crippen molar-refractivity contribution in [2.75, 3.05) is 25.5 Å². The van der Waals surface area contributed by atoms with E-state index in [0.717, 1.165) is 6.42 Å². The lowest BCUT2D eigenvalue weighted by Gasteiger charge is -2.24. The van der Waals surface area contributed by atoms with E-state index in [1.54, 1.807) is 46.8 Å². The van der Waals surface area contributed by atoms with Crippen LogP contribution in [0.4, 0.5) is 4.79 Å². The van der Waals surface area contributed by atoms with Crippen LogP contribution in [-0.4, -0.2) is 59.4 Å². The van der Waals surface area contributed by atoms with Crippen LogP contribution in [0.3, 0.4) is 0 Å². The minimum atomic E-state index is -1.03. The van der Waals surface area contributed by atoms with Gasteiger partial charge in [-0.25, -0.2) is 9.59 Å². The number of oxime groups is 1. The third kappa shape index (κ3) is 10.8. The topological polar surface area (TPSA) is 141 Å². The molecular weight excluding hydrogens is 524 g/mol. The van der Waals surface area contributed by atoms with Crippen molar-refractivity contribution in [2.24, 2.45) is 10.1 Å². The molecule has 1 aromatic rings. The van der Waals surface area contributed by atoms with Crippen molar-refractivity contribution < 1.29 is 28.3 Å². The molecule has 12 heteroatoms. The first-order valence-electron chi connectivity index (χ1n) is 12.9. The SMILES string of the molecule is C=CCOc1cc([C@@H](CCC)NC(=O)[C@]2(C)CSC(/C(C)=N/OCCCNC(=O)OC(C)(C)C)=N2)oc(=O)c1.